The van der Waals surface area contributed by atoms with Crippen molar-refractivity contribution in [2.45, 2.75) is 44.8 Å². The minimum atomic E-state index is -2.83. The van der Waals surface area contributed by atoms with Crippen LogP contribution in [0.25, 0.3) is 0 Å². The molecule has 1 unspecified atom stereocenters. The maximum atomic E-state index is 12.9. The number of carbonyl (C=O) groups excluding carboxylic acids is 1. The maximum Gasteiger partial charge on any atom is 0.416 e. The van der Waals surface area contributed by atoms with Gasteiger partial charge in [0.15, 0.2) is 0 Å². The molecule has 0 aromatic carbocycles. The van der Waals surface area contributed by atoms with Crippen LogP contribution < -0.4 is 4.74 Å². The molecule has 1 atom stereocenters. The summed E-state index contributed by atoms with van der Waals surface area (Å²) in [6.07, 6.45) is 2.54. The van der Waals surface area contributed by atoms with Gasteiger partial charge in [-0.2, -0.15) is 4.98 Å². The average Bonchev–Trinajstić information content (AvgIpc) is 3.43. The third-order valence-corrected chi connectivity index (χ3v) is 11.0. The molecule has 0 radical (unpaired) electrons. The van der Waals surface area contributed by atoms with E-state index in [1.807, 2.05) is 13.8 Å². The highest BCUT2D eigenvalue weighted by Gasteiger charge is 2.29. The molecule has 0 N–H and O–H groups in total. The number of rotatable bonds is 10. The van der Waals surface area contributed by atoms with Crippen LogP contribution in [0.5, 0.6) is 5.88 Å². The summed E-state index contributed by atoms with van der Waals surface area (Å²) in [6.45, 7) is 4.30. The molecule has 7 nitrogen and oxygen atoms in total. The number of aromatic nitrogens is 2. The van der Waals surface area contributed by atoms with E-state index in [0.717, 1.165) is 25.0 Å². The summed E-state index contributed by atoms with van der Waals surface area (Å²) in [5, 5.41) is 0. The van der Waals surface area contributed by atoms with Crippen molar-refractivity contribution in [3.8, 4) is 5.88 Å². The van der Waals surface area contributed by atoms with Crippen LogP contribution in [0.3, 0.4) is 0 Å². The molecule has 1 aliphatic rings. The third-order valence-electron chi connectivity index (χ3n) is 3.38. The third kappa shape index (κ3) is 6.76. The monoisotopic (exact) mass is 419 g/mol. The predicted molar refractivity (Wildman–Crippen MR) is 107 cm³/mol. The Bertz CT molecular complexity index is 671. The van der Waals surface area contributed by atoms with Crippen molar-refractivity contribution in [2.75, 3.05) is 26.5 Å². The van der Waals surface area contributed by atoms with Gasteiger partial charge in [0.05, 0.1) is 12.3 Å². The lowest BCUT2D eigenvalue weighted by Crippen LogP contribution is -2.25. The fourth-order valence-corrected chi connectivity index (χ4v) is 8.53. The lowest BCUT2D eigenvalue weighted by Gasteiger charge is -2.16. The maximum absolute atomic E-state index is 12.9. The Hall–Kier alpha value is -0.760. The van der Waals surface area contributed by atoms with E-state index >= 15 is 0 Å². The van der Waals surface area contributed by atoms with E-state index in [1.54, 1.807) is 20.2 Å². The van der Waals surface area contributed by atoms with Crippen LogP contribution in [0.15, 0.2) is 6.07 Å². The topological polar surface area (TPSA) is 81.6 Å². The van der Waals surface area contributed by atoms with E-state index in [-0.39, 0.29) is 5.88 Å². The van der Waals surface area contributed by atoms with Crippen LogP contribution in [-0.2, 0) is 14.8 Å². The highest BCUT2D eigenvalue weighted by atomic mass is 33.1. The fraction of sp³-hybridized carbons (Fsp3) is 0.688. The molecule has 146 valence electrons. The van der Waals surface area contributed by atoms with Crippen molar-refractivity contribution >= 4 is 34.6 Å². The number of hydrogen-bond acceptors (Lipinski definition) is 8. The Morgan fingerprint density at radius 1 is 1.31 bits per heavy atom. The zero-order valence-corrected chi connectivity index (χ0v) is 18.2. The van der Waals surface area contributed by atoms with Crippen LogP contribution in [-0.4, -0.2) is 47.4 Å². The van der Waals surface area contributed by atoms with E-state index < -0.39 is 11.9 Å². The number of nitrogens with zero attached hydrogens (tertiary/aromatic N) is 3. The predicted octanol–water partition coefficient (Wildman–Crippen LogP) is 4.94. The molecule has 26 heavy (non-hydrogen) atoms. The van der Waals surface area contributed by atoms with Crippen molar-refractivity contribution in [3.05, 3.63) is 17.6 Å². The molecule has 1 aromatic rings. The molecule has 0 saturated heterocycles. The second kappa shape index (κ2) is 9.97. The van der Waals surface area contributed by atoms with Crippen molar-refractivity contribution in [3.63, 3.8) is 0 Å². The molecule has 1 aromatic heterocycles. The molecule has 0 bridgehead atoms. The van der Waals surface area contributed by atoms with Crippen molar-refractivity contribution in [1.82, 2.24) is 14.9 Å². The van der Waals surface area contributed by atoms with Gasteiger partial charge in [0.2, 0.25) is 5.88 Å². The van der Waals surface area contributed by atoms with Crippen LogP contribution in [0, 0.1) is 0 Å². The lowest BCUT2D eigenvalue weighted by molar-refractivity contribution is 0.169. The first-order valence-corrected chi connectivity index (χ1v) is 13.5. The van der Waals surface area contributed by atoms with Gasteiger partial charge in [-0.05, 0) is 26.2 Å². The molecule has 10 heteroatoms. The van der Waals surface area contributed by atoms with E-state index in [1.165, 1.54) is 27.7 Å². The van der Waals surface area contributed by atoms with Gasteiger partial charge in [-0.3, -0.25) is 4.57 Å². The van der Waals surface area contributed by atoms with Gasteiger partial charge in [0.25, 0.3) is 0 Å². The molecule has 2 rings (SSSR count). The normalized spacial score (nSPS) is 16.2. The Kier molecular flexibility index (Phi) is 8.26. The van der Waals surface area contributed by atoms with Crippen LogP contribution in [0.4, 0.5) is 4.79 Å². The molecular formula is C16H26N3O4PS2. The second-order valence-corrected chi connectivity index (χ2v) is 13.6. The highest BCUT2D eigenvalue weighted by molar-refractivity contribution is 8.89. The first kappa shape index (κ1) is 21.5. The Morgan fingerprint density at radius 3 is 2.62 bits per heavy atom. The average molecular weight is 420 g/mol. The van der Waals surface area contributed by atoms with Crippen LogP contribution in [0.1, 0.15) is 50.5 Å². The molecular weight excluding hydrogens is 393 g/mol. The Labute approximate surface area is 163 Å². The molecule has 0 spiro atoms. The lowest BCUT2D eigenvalue weighted by atomic mass is 10.3. The van der Waals surface area contributed by atoms with Gasteiger partial charge >= 0.3 is 11.9 Å². The zero-order chi connectivity index (χ0) is 19.2. The minimum absolute atomic E-state index is 0.239. The molecule has 0 aliphatic heterocycles. The standard InChI is InChI=1S/C16H26N3O4PS2/c1-5-9-25-24(21,22-6-2)26-11-13-10-14(23-16(20)19(3)4)18-15(17-13)12-7-8-12/h10,12H,5-9,11H2,1-4H3. The first-order valence-electron chi connectivity index (χ1n) is 8.67. The van der Waals surface area contributed by atoms with E-state index in [9.17, 15) is 9.36 Å². The largest absolute Gasteiger partial charge is 0.416 e. The van der Waals surface area contributed by atoms with Gasteiger partial charge in [0.1, 0.15) is 5.82 Å². The van der Waals surface area contributed by atoms with Crippen molar-refractivity contribution in [1.29, 1.82) is 0 Å². The zero-order valence-electron chi connectivity index (χ0n) is 15.6. The van der Waals surface area contributed by atoms with Gasteiger partial charge in [0, 0.05) is 37.6 Å². The SMILES string of the molecule is CCCSP(=O)(OCC)SCc1cc(OC(=O)N(C)C)nc(C2CC2)n1. The molecule has 1 saturated carbocycles. The number of hydrogen-bond donors (Lipinski definition) is 0. The fourth-order valence-electron chi connectivity index (χ4n) is 1.94. The molecule has 1 heterocycles. The number of amides is 1. The summed E-state index contributed by atoms with van der Waals surface area (Å²) >= 11 is 2.64. The Morgan fingerprint density at radius 2 is 2.04 bits per heavy atom. The summed E-state index contributed by atoms with van der Waals surface area (Å²) in [5.41, 5.74) is 0.700. The van der Waals surface area contributed by atoms with E-state index in [0.29, 0.717) is 29.8 Å². The molecule has 1 amide bonds. The summed E-state index contributed by atoms with van der Waals surface area (Å²) < 4.78 is 23.7. The van der Waals surface area contributed by atoms with E-state index in [2.05, 4.69) is 9.97 Å². The minimum Gasteiger partial charge on any atom is -0.391 e. The van der Waals surface area contributed by atoms with Gasteiger partial charge in [-0.15, -0.1) is 0 Å². The van der Waals surface area contributed by atoms with Gasteiger partial charge in [-0.25, -0.2) is 9.78 Å². The number of carbonyl (C=O) groups is 1. The summed E-state index contributed by atoms with van der Waals surface area (Å²) in [7, 11) is 3.23. The Balaban J connectivity index is 2.12. The number of ether oxygens (including phenoxy) is 1. The molecule has 1 fully saturated rings. The van der Waals surface area contributed by atoms with Crippen LogP contribution in [0.2, 0.25) is 0 Å². The molecule has 1 aliphatic carbocycles. The first-order chi connectivity index (χ1) is 12.4. The summed E-state index contributed by atoms with van der Waals surface area (Å²) in [5.74, 6) is -0.366. The van der Waals surface area contributed by atoms with Gasteiger partial charge < -0.3 is 14.2 Å². The smallest absolute Gasteiger partial charge is 0.391 e. The summed E-state index contributed by atoms with van der Waals surface area (Å²) in [6, 6.07) is 1.64. The van der Waals surface area contributed by atoms with E-state index in [4.69, 9.17) is 9.26 Å². The van der Waals surface area contributed by atoms with Gasteiger partial charge in [-0.1, -0.05) is 29.7 Å². The van der Waals surface area contributed by atoms with Crippen molar-refractivity contribution < 1.29 is 18.6 Å². The quantitative estimate of drug-likeness (QED) is 0.494. The highest BCUT2D eigenvalue weighted by Crippen LogP contribution is 2.70. The van der Waals surface area contributed by atoms with Crippen molar-refractivity contribution in [2.24, 2.45) is 0 Å². The summed E-state index contributed by atoms with van der Waals surface area (Å²) in [4.78, 5) is 22.1. The van der Waals surface area contributed by atoms with Crippen LogP contribution >= 0.6 is 28.5 Å². The second-order valence-electron chi connectivity index (χ2n) is 6.06.